The van der Waals surface area contributed by atoms with Crippen LogP contribution < -0.4 is 0 Å². The Kier molecular flexibility index (Phi) is 0.952. The lowest BCUT2D eigenvalue weighted by atomic mass is 10.7. The number of cyclic esters (lactones) is 2. The van der Waals surface area contributed by atoms with E-state index >= 15 is 0 Å². The molecule has 0 N–H and O–H groups in total. The van der Waals surface area contributed by atoms with Gasteiger partial charge in [-0.15, -0.1) is 0 Å². The van der Waals surface area contributed by atoms with E-state index in [1.807, 2.05) is 0 Å². The average Bonchev–Trinajstić information content (AvgIpc) is 1.79. The summed E-state index contributed by atoms with van der Waals surface area (Å²) in [6.07, 6.45) is 0. The third kappa shape index (κ3) is 0.984. The number of halogens is 1. The quantitative estimate of drug-likeness (QED) is 0.338. The Morgan fingerprint density at radius 2 is 1.67 bits per heavy atom. The molecular weight excluding hydrogens is 131 g/mol. The van der Waals surface area contributed by atoms with Crippen LogP contribution in [0, 0.1) is 0 Å². The van der Waals surface area contributed by atoms with Gasteiger partial charge in [0.15, 0.2) is 0 Å². The van der Waals surface area contributed by atoms with Crippen molar-refractivity contribution in [3.05, 3.63) is 0 Å². The number of hydrogen-bond acceptors (Lipinski definition) is 4. The minimum Gasteiger partial charge on any atom is -0.386 e. The zero-order valence-corrected chi connectivity index (χ0v) is 4.51. The molecule has 0 aromatic carbocycles. The molecule has 1 aliphatic heterocycles. The predicted octanol–water partition coefficient (Wildman–Crippen LogP) is -0.270. The number of carbonyl (C=O) groups excluding carboxylic acids is 2. The van der Waals surface area contributed by atoms with Crippen LogP contribution in [-0.2, 0) is 19.1 Å². The van der Waals surface area contributed by atoms with Crippen molar-refractivity contribution in [3.63, 3.8) is 0 Å². The van der Waals surface area contributed by atoms with Gasteiger partial charge >= 0.3 is 18.0 Å². The van der Waals surface area contributed by atoms with Crippen molar-refractivity contribution in [3.8, 4) is 0 Å². The van der Waals surface area contributed by atoms with E-state index in [1.54, 1.807) is 0 Å². The van der Waals surface area contributed by atoms with E-state index in [9.17, 15) is 14.0 Å². The van der Waals surface area contributed by atoms with Gasteiger partial charge in [0.25, 0.3) is 0 Å². The molecule has 0 spiro atoms. The second-order valence-corrected chi connectivity index (χ2v) is 1.61. The number of ether oxygens (including phenoxy) is 2. The highest BCUT2D eigenvalue weighted by molar-refractivity contribution is 6.31. The van der Waals surface area contributed by atoms with Gasteiger partial charge in [0.05, 0.1) is 0 Å². The van der Waals surface area contributed by atoms with Crippen LogP contribution in [0.3, 0.4) is 0 Å². The summed E-state index contributed by atoms with van der Waals surface area (Å²) in [6, 6.07) is -2.56. The Bertz CT molecular complexity index is 155. The fourth-order valence-corrected chi connectivity index (χ4v) is 0.435. The third-order valence-electron chi connectivity index (χ3n) is 0.717. The maximum atomic E-state index is 12.2. The van der Waals surface area contributed by atoms with Crippen molar-refractivity contribution in [2.75, 3.05) is 0 Å². The number of esters is 2. The van der Waals surface area contributed by atoms with E-state index in [0.29, 0.717) is 0 Å². The number of hydrogen-bond donors (Lipinski definition) is 0. The number of alkyl halides is 1. The molecule has 0 aromatic rings. The molecule has 0 aromatic heterocycles. The molecular formula is C4H3FO4. The van der Waals surface area contributed by atoms with E-state index < -0.39 is 18.0 Å². The summed E-state index contributed by atoms with van der Waals surface area (Å²) in [4.78, 5) is 20.1. The smallest absolute Gasteiger partial charge is 0.386 e. The van der Waals surface area contributed by atoms with Gasteiger partial charge in [-0.1, -0.05) is 0 Å². The molecule has 50 valence electrons. The summed E-state index contributed by atoms with van der Waals surface area (Å²) in [7, 11) is 0. The van der Waals surface area contributed by atoms with Crippen molar-refractivity contribution < 1.29 is 23.5 Å². The second kappa shape index (κ2) is 1.43. The van der Waals surface area contributed by atoms with Crippen LogP contribution in [0.1, 0.15) is 6.92 Å². The Morgan fingerprint density at radius 3 is 1.78 bits per heavy atom. The molecule has 0 saturated carbocycles. The highest BCUT2D eigenvalue weighted by atomic mass is 19.2. The van der Waals surface area contributed by atoms with Gasteiger partial charge in [0.2, 0.25) is 0 Å². The van der Waals surface area contributed by atoms with Gasteiger partial charge < -0.3 is 9.47 Å². The lowest BCUT2D eigenvalue weighted by Crippen LogP contribution is -2.18. The summed E-state index contributed by atoms with van der Waals surface area (Å²) in [6.45, 7) is 0.829. The topological polar surface area (TPSA) is 52.6 Å². The minimum atomic E-state index is -2.56. The molecule has 1 fully saturated rings. The zero-order chi connectivity index (χ0) is 7.07. The maximum absolute atomic E-state index is 12.2. The second-order valence-electron chi connectivity index (χ2n) is 1.61. The fourth-order valence-electron chi connectivity index (χ4n) is 0.435. The molecule has 0 radical (unpaired) electrons. The molecule has 0 atom stereocenters. The zero-order valence-electron chi connectivity index (χ0n) is 4.51. The van der Waals surface area contributed by atoms with Crippen LogP contribution in [0.4, 0.5) is 4.39 Å². The first-order valence-electron chi connectivity index (χ1n) is 2.16. The summed E-state index contributed by atoms with van der Waals surface area (Å²) >= 11 is 0. The largest absolute Gasteiger partial charge is 0.422 e. The highest BCUT2D eigenvalue weighted by Crippen LogP contribution is 2.20. The molecule has 0 bridgehead atoms. The minimum absolute atomic E-state index is 0.829. The molecule has 1 heterocycles. The van der Waals surface area contributed by atoms with E-state index in [1.165, 1.54) is 0 Å². The Balaban J connectivity index is 2.76. The van der Waals surface area contributed by atoms with Crippen LogP contribution in [0.2, 0.25) is 0 Å². The summed E-state index contributed by atoms with van der Waals surface area (Å²) < 4.78 is 19.8. The lowest BCUT2D eigenvalue weighted by molar-refractivity contribution is -0.233. The van der Waals surface area contributed by atoms with Gasteiger partial charge in [-0.3, -0.25) is 0 Å². The van der Waals surface area contributed by atoms with Crippen LogP contribution in [0.25, 0.3) is 0 Å². The molecule has 1 rings (SSSR count). The number of carbonyl (C=O) groups is 2. The SMILES string of the molecule is CC1(F)OC(=O)C(=O)O1. The molecule has 9 heavy (non-hydrogen) atoms. The highest BCUT2D eigenvalue weighted by Gasteiger charge is 2.45. The number of rotatable bonds is 0. The molecule has 1 saturated heterocycles. The van der Waals surface area contributed by atoms with E-state index in [4.69, 9.17) is 0 Å². The van der Waals surface area contributed by atoms with E-state index in [0.717, 1.165) is 6.92 Å². The van der Waals surface area contributed by atoms with Crippen LogP contribution in [0.5, 0.6) is 0 Å². The van der Waals surface area contributed by atoms with Crippen molar-refractivity contribution >= 4 is 11.9 Å². The predicted molar refractivity (Wildman–Crippen MR) is 21.7 cm³/mol. The Labute approximate surface area is 49.5 Å². The first-order valence-corrected chi connectivity index (χ1v) is 2.16. The normalized spacial score (nSPS) is 23.3. The molecule has 0 aliphatic carbocycles. The molecule has 0 unspecified atom stereocenters. The van der Waals surface area contributed by atoms with Crippen molar-refractivity contribution in [2.45, 2.75) is 13.0 Å². The van der Waals surface area contributed by atoms with Crippen LogP contribution in [0.15, 0.2) is 0 Å². The van der Waals surface area contributed by atoms with Gasteiger partial charge in [0, 0.05) is 6.92 Å². The van der Waals surface area contributed by atoms with E-state index in [-0.39, 0.29) is 0 Å². The molecule has 0 amide bonds. The third-order valence-corrected chi connectivity index (χ3v) is 0.717. The molecule has 5 heteroatoms. The standard InChI is InChI=1S/C4H3FO4/c1-4(5)8-2(6)3(7)9-4/h1H3. The van der Waals surface area contributed by atoms with Crippen molar-refractivity contribution in [1.82, 2.24) is 0 Å². The van der Waals surface area contributed by atoms with Gasteiger partial charge in [-0.25, -0.2) is 9.59 Å². The summed E-state index contributed by atoms with van der Waals surface area (Å²) in [5.41, 5.74) is 0. The first kappa shape index (κ1) is 6.00. The molecule has 4 nitrogen and oxygen atoms in total. The van der Waals surface area contributed by atoms with Crippen LogP contribution >= 0.6 is 0 Å². The van der Waals surface area contributed by atoms with E-state index in [2.05, 4.69) is 9.47 Å². The first-order chi connectivity index (χ1) is 4.01. The van der Waals surface area contributed by atoms with Gasteiger partial charge in [0.1, 0.15) is 0 Å². The van der Waals surface area contributed by atoms with Gasteiger partial charge in [-0.05, 0) is 0 Å². The Hall–Kier alpha value is -1.13. The van der Waals surface area contributed by atoms with Crippen LogP contribution in [-0.4, -0.2) is 18.0 Å². The monoisotopic (exact) mass is 134 g/mol. The average molecular weight is 134 g/mol. The lowest BCUT2D eigenvalue weighted by Gasteiger charge is -2.06. The summed E-state index contributed by atoms with van der Waals surface area (Å²) in [5, 5.41) is 0. The maximum Gasteiger partial charge on any atom is 0.422 e. The fraction of sp³-hybridized carbons (Fsp3) is 0.500. The summed E-state index contributed by atoms with van der Waals surface area (Å²) in [5.74, 6) is -2.58. The molecule has 1 aliphatic rings. The van der Waals surface area contributed by atoms with Crippen molar-refractivity contribution in [1.29, 1.82) is 0 Å². The van der Waals surface area contributed by atoms with Gasteiger partial charge in [-0.2, -0.15) is 4.39 Å². The van der Waals surface area contributed by atoms with Crippen molar-refractivity contribution in [2.24, 2.45) is 0 Å². The Morgan fingerprint density at radius 1 is 1.33 bits per heavy atom.